The Hall–Kier alpha value is -0.550. The van der Waals surface area contributed by atoms with E-state index in [-0.39, 0.29) is 17.3 Å². The Morgan fingerprint density at radius 1 is 1.56 bits per heavy atom. The summed E-state index contributed by atoms with van der Waals surface area (Å²) in [6.45, 7) is 8.40. The highest BCUT2D eigenvalue weighted by Gasteiger charge is 2.18. The molecule has 0 fully saturated rings. The van der Waals surface area contributed by atoms with E-state index < -0.39 is 0 Å². The highest BCUT2D eigenvalue weighted by Crippen LogP contribution is 2.27. The maximum atomic E-state index is 11.2. The zero-order valence-corrected chi connectivity index (χ0v) is 13.3. The minimum absolute atomic E-state index is 0.0549. The molecule has 1 atom stereocenters. The van der Waals surface area contributed by atoms with Crippen LogP contribution < -0.4 is 0 Å². The number of carbonyl (C=O) groups is 1. The Kier molecular flexibility index (Phi) is 5.66. The Labute approximate surface area is 117 Å². The van der Waals surface area contributed by atoms with Crippen LogP contribution in [0.1, 0.15) is 38.4 Å². The Balaban J connectivity index is 2.41. The van der Waals surface area contributed by atoms with Crippen LogP contribution >= 0.6 is 23.1 Å². The van der Waals surface area contributed by atoms with Gasteiger partial charge in [-0.25, -0.2) is 4.98 Å². The van der Waals surface area contributed by atoms with Crippen LogP contribution in [0, 0.1) is 5.92 Å². The van der Waals surface area contributed by atoms with Gasteiger partial charge in [-0.2, -0.15) is 11.8 Å². The molecular formula is C13H21NO2S2. The number of thiazole rings is 1. The van der Waals surface area contributed by atoms with Crippen molar-refractivity contribution in [2.24, 2.45) is 5.92 Å². The third-order valence-corrected chi connectivity index (χ3v) is 4.97. The molecule has 0 N–H and O–H groups in total. The zero-order chi connectivity index (χ0) is 13.8. The zero-order valence-electron chi connectivity index (χ0n) is 11.6. The fourth-order valence-corrected chi connectivity index (χ4v) is 3.30. The molecular weight excluding hydrogens is 266 g/mol. The lowest BCUT2D eigenvalue weighted by Crippen LogP contribution is -2.15. The van der Waals surface area contributed by atoms with Gasteiger partial charge in [0.2, 0.25) is 0 Å². The van der Waals surface area contributed by atoms with Crippen molar-refractivity contribution in [3.8, 4) is 0 Å². The van der Waals surface area contributed by atoms with Crippen molar-refractivity contribution < 1.29 is 9.53 Å². The molecule has 18 heavy (non-hydrogen) atoms. The quantitative estimate of drug-likeness (QED) is 0.777. The molecule has 0 bridgehead atoms. The fourth-order valence-electron chi connectivity index (χ4n) is 1.33. The SMILES string of the molecule is COC(=O)C(C)CSCc1csc(C(C)(C)C)n1. The van der Waals surface area contributed by atoms with Crippen LogP contribution in [0.4, 0.5) is 0 Å². The Morgan fingerprint density at radius 3 is 2.72 bits per heavy atom. The average Bonchev–Trinajstić information content (AvgIpc) is 2.76. The topological polar surface area (TPSA) is 39.2 Å². The third-order valence-electron chi connectivity index (χ3n) is 2.41. The van der Waals surface area contributed by atoms with Gasteiger partial charge in [0, 0.05) is 22.3 Å². The molecule has 0 amide bonds. The number of thioether (sulfide) groups is 1. The molecule has 5 heteroatoms. The second kappa shape index (κ2) is 6.57. The summed E-state index contributed by atoms with van der Waals surface area (Å²) >= 11 is 3.44. The van der Waals surface area contributed by atoms with Crippen LogP contribution in [-0.4, -0.2) is 23.8 Å². The van der Waals surface area contributed by atoms with Crippen LogP contribution in [0.2, 0.25) is 0 Å². The molecule has 0 radical (unpaired) electrons. The standard InChI is InChI=1S/C13H21NO2S2/c1-9(11(15)16-5)6-17-7-10-8-18-12(14-10)13(2,3)4/h8-9H,6-7H2,1-5H3. The number of esters is 1. The van der Waals surface area contributed by atoms with Crippen LogP contribution in [0.25, 0.3) is 0 Å². The number of carbonyl (C=O) groups excluding carboxylic acids is 1. The number of aromatic nitrogens is 1. The molecule has 0 aromatic carbocycles. The smallest absolute Gasteiger partial charge is 0.309 e. The molecule has 1 aromatic rings. The lowest BCUT2D eigenvalue weighted by atomic mass is 9.98. The van der Waals surface area contributed by atoms with Crippen molar-refractivity contribution in [3.63, 3.8) is 0 Å². The lowest BCUT2D eigenvalue weighted by Gasteiger charge is -2.13. The molecule has 1 unspecified atom stereocenters. The first-order chi connectivity index (χ1) is 8.34. The van der Waals surface area contributed by atoms with Crippen LogP contribution in [0.15, 0.2) is 5.38 Å². The van der Waals surface area contributed by atoms with Gasteiger partial charge in [-0.05, 0) is 0 Å². The first kappa shape index (κ1) is 15.5. The normalized spacial score (nSPS) is 13.4. The van der Waals surface area contributed by atoms with E-state index in [1.165, 1.54) is 12.1 Å². The van der Waals surface area contributed by atoms with E-state index in [1.54, 1.807) is 23.1 Å². The van der Waals surface area contributed by atoms with Gasteiger partial charge in [-0.1, -0.05) is 27.7 Å². The maximum absolute atomic E-state index is 11.2. The maximum Gasteiger partial charge on any atom is 0.309 e. The largest absolute Gasteiger partial charge is 0.469 e. The molecule has 0 aliphatic rings. The predicted molar refractivity (Wildman–Crippen MR) is 78.2 cm³/mol. The molecule has 0 aliphatic carbocycles. The van der Waals surface area contributed by atoms with Crippen molar-refractivity contribution >= 4 is 29.1 Å². The van der Waals surface area contributed by atoms with Crippen molar-refractivity contribution in [3.05, 3.63) is 16.1 Å². The number of rotatable bonds is 5. The third kappa shape index (κ3) is 4.61. The van der Waals surface area contributed by atoms with E-state index in [1.807, 2.05) is 6.92 Å². The molecule has 0 spiro atoms. The van der Waals surface area contributed by atoms with E-state index in [4.69, 9.17) is 4.74 Å². The highest BCUT2D eigenvalue weighted by molar-refractivity contribution is 7.98. The first-order valence-corrected chi connectivity index (χ1v) is 7.98. The molecule has 0 saturated carbocycles. The van der Waals surface area contributed by atoms with E-state index in [9.17, 15) is 4.79 Å². The second-order valence-corrected chi connectivity index (χ2v) is 7.22. The van der Waals surface area contributed by atoms with Crippen molar-refractivity contribution in [2.75, 3.05) is 12.9 Å². The Morgan fingerprint density at radius 2 is 2.22 bits per heavy atom. The Bertz CT molecular complexity index is 396. The summed E-state index contributed by atoms with van der Waals surface area (Å²) < 4.78 is 4.70. The minimum Gasteiger partial charge on any atom is -0.469 e. The number of hydrogen-bond acceptors (Lipinski definition) is 5. The van der Waals surface area contributed by atoms with Gasteiger partial charge in [0.05, 0.1) is 23.7 Å². The van der Waals surface area contributed by atoms with Crippen molar-refractivity contribution in [1.29, 1.82) is 0 Å². The predicted octanol–water partition coefficient (Wildman–Crippen LogP) is 3.48. The van der Waals surface area contributed by atoms with Gasteiger partial charge in [-0.15, -0.1) is 11.3 Å². The van der Waals surface area contributed by atoms with E-state index in [2.05, 4.69) is 31.1 Å². The average molecular weight is 287 g/mol. The van der Waals surface area contributed by atoms with Gasteiger partial charge in [-0.3, -0.25) is 4.79 Å². The first-order valence-electron chi connectivity index (χ1n) is 5.95. The number of nitrogens with zero attached hydrogens (tertiary/aromatic N) is 1. The summed E-state index contributed by atoms with van der Waals surface area (Å²) in [5, 5.41) is 3.27. The van der Waals surface area contributed by atoms with Crippen molar-refractivity contribution in [1.82, 2.24) is 4.98 Å². The molecule has 0 aliphatic heterocycles. The number of ether oxygens (including phenoxy) is 1. The summed E-state index contributed by atoms with van der Waals surface area (Å²) in [4.78, 5) is 15.9. The van der Waals surface area contributed by atoms with Crippen LogP contribution in [0.5, 0.6) is 0 Å². The summed E-state index contributed by atoms with van der Waals surface area (Å²) in [5.74, 6) is 1.43. The summed E-state index contributed by atoms with van der Waals surface area (Å²) in [5.41, 5.74) is 1.22. The van der Waals surface area contributed by atoms with Gasteiger partial charge < -0.3 is 4.74 Å². The van der Waals surface area contributed by atoms with Gasteiger partial charge >= 0.3 is 5.97 Å². The lowest BCUT2D eigenvalue weighted by molar-refractivity contribution is -0.143. The van der Waals surface area contributed by atoms with E-state index in [0.29, 0.717) is 0 Å². The van der Waals surface area contributed by atoms with Gasteiger partial charge in [0.15, 0.2) is 0 Å². The molecule has 0 saturated heterocycles. The minimum atomic E-state index is -0.142. The molecule has 102 valence electrons. The molecule has 1 aromatic heterocycles. The summed E-state index contributed by atoms with van der Waals surface area (Å²) in [6.07, 6.45) is 0. The number of hydrogen-bond donors (Lipinski definition) is 0. The summed E-state index contributed by atoms with van der Waals surface area (Å²) in [7, 11) is 1.43. The van der Waals surface area contributed by atoms with E-state index in [0.717, 1.165) is 17.2 Å². The van der Waals surface area contributed by atoms with Gasteiger partial charge in [0.1, 0.15) is 0 Å². The fraction of sp³-hybridized carbons (Fsp3) is 0.692. The monoisotopic (exact) mass is 287 g/mol. The van der Waals surface area contributed by atoms with E-state index >= 15 is 0 Å². The molecule has 3 nitrogen and oxygen atoms in total. The number of methoxy groups -OCH3 is 1. The van der Waals surface area contributed by atoms with Gasteiger partial charge in [0.25, 0.3) is 0 Å². The highest BCUT2D eigenvalue weighted by atomic mass is 32.2. The van der Waals surface area contributed by atoms with Crippen molar-refractivity contribution in [2.45, 2.75) is 38.9 Å². The summed E-state index contributed by atoms with van der Waals surface area (Å²) in [6, 6.07) is 0. The molecule has 1 rings (SSSR count). The second-order valence-electron chi connectivity index (χ2n) is 5.33. The van der Waals surface area contributed by atoms with Crippen LogP contribution in [-0.2, 0) is 20.7 Å². The molecule has 1 heterocycles. The van der Waals surface area contributed by atoms with Crippen LogP contribution in [0.3, 0.4) is 0 Å².